The predicted molar refractivity (Wildman–Crippen MR) is 65.2 cm³/mol. The maximum atomic E-state index is 11.5. The number of carbonyl (C=O) groups is 1. The lowest BCUT2D eigenvalue weighted by Gasteiger charge is -2.12. The van der Waals surface area contributed by atoms with E-state index in [2.05, 4.69) is 27.8 Å². The van der Waals surface area contributed by atoms with Gasteiger partial charge in [0.15, 0.2) is 0 Å². The van der Waals surface area contributed by atoms with Crippen molar-refractivity contribution < 1.29 is 4.79 Å². The maximum absolute atomic E-state index is 11.5. The summed E-state index contributed by atoms with van der Waals surface area (Å²) >= 11 is 0. The third kappa shape index (κ3) is 4.95. The molecule has 1 amide bonds. The molecule has 6 nitrogen and oxygen atoms in total. The smallest absolute Gasteiger partial charge is 0.234 e. The Morgan fingerprint density at radius 3 is 2.94 bits per heavy atom. The van der Waals surface area contributed by atoms with Crippen LogP contribution in [0.25, 0.3) is 0 Å². The van der Waals surface area contributed by atoms with Crippen LogP contribution in [0.15, 0.2) is 6.33 Å². The first-order valence-corrected chi connectivity index (χ1v) is 5.96. The third-order valence-corrected chi connectivity index (χ3v) is 2.50. The first kappa shape index (κ1) is 13.6. The Labute approximate surface area is 102 Å². The molecule has 96 valence electrons. The molecule has 0 radical (unpaired) electrons. The van der Waals surface area contributed by atoms with Gasteiger partial charge >= 0.3 is 0 Å². The molecular weight excluding hydrogens is 218 g/mol. The molecule has 2 N–H and O–H groups in total. The molecule has 1 unspecified atom stereocenters. The van der Waals surface area contributed by atoms with E-state index >= 15 is 0 Å². The normalized spacial score (nSPS) is 12.4. The number of aromatic nitrogens is 3. The molecule has 1 aromatic heterocycles. The van der Waals surface area contributed by atoms with Crippen LogP contribution in [0.1, 0.15) is 32.5 Å². The summed E-state index contributed by atoms with van der Waals surface area (Å²) in [7, 11) is 1.88. The van der Waals surface area contributed by atoms with Gasteiger partial charge in [-0.05, 0) is 13.3 Å². The quantitative estimate of drug-likeness (QED) is 0.713. The van der Waals surface area contributed by atoms with Crippen molar-refractivity contribution in [1.82, 2.24) is 25.4 Å². The van der Waals surface area contributed by atoms with Crippen molar-refractivity contribution >= 4 is 5.91 Å². The highest BCUT2D eigenvalue weighted by atomic mass is 16.1. The van der Waals surface area contributed by atoms with Gasteiger partial charge in [-0.25, -0.2) is 0 Å². The van der Waals surface area contributed by atoms with Crippen molar-refractivity contribution in [1.29, 1.82) is 0 Å². The van der Waals surface area contributed by atoms with E-state index in [-0.39, 0.29) is 11.9 Å². The molecule has 1 heterocycles. The van der Waals surface area contributed by atoms with E-state index in [0.29, 0.717) is 13.1 Å². The van der Waals surface area contributed by atoms with Crippen molar-refractivity contribution in [2.24, 2.45) is 7.05 Å². The number of aryl methyl sites for hydroxylation is 1. The summed E-state index contributed by atoms with van der Waals surface area (Å²) in [4.78, 5) is 11.5. The van der Waals surface area contributed by atoms with Gasteiger partial charge in [-0.1, -0.05) is 13.3 Å². The molecular formula is C11H21N5O. The molecule has 0 fully saturated rings. The first-order valence-electron chi connectivity index (χ1n) is 5.96. The highest BCUT2D eigenvalue weighted by molar-refractivity contribution is 5.78. The van der Waals surface area contributed by atoms with E-state index in [0.717, 1.165) is 18.7 Å². The Bertz CT molecular complexity index is 349. The maximum Gasteiger partial charge on any atom is 0.234 e. The van der Waals surface area contributed by atoms with Crippen molar-refractivity contribution in [3.8, 4) is 0 Å². The minimum atomic E-state index is 0.0214. The number of hydrogen-bond donors (Lipinski definition) is 2. The lowest BCUT2D eigenvalue weighted by atomic mass is 10.2. The zero-order chi connectivity index (χ0) is 12.7. The van der Waals surface area contributed by atoms with Gasteiger partial charge in [0.1, 0.15) is 12.2 Å². The SMILES string of the molecule is CCCC(C)NC(=O)CNCc1nncn1C. The van der Waals surface area contributed by atoms with E-state index < -0.39 is 0 Å². The Morgan fingerprint density at radius 1 is 1.59 bits per heavy atom. The van der Waals surface area contributed by atoms with Gasteiger partial charge in [0, 0.05) is 13.1 Å². The summed E-state index contributed by atoms with van der Waals surface area (Å²) in [5, 5.41) is 13.7. The third-order valence-electron chi connectivity index (χ3n) is 2.50. The molecule has 17 heavy (non-hydrogen) atoms. The van der Waals surface area contributed by atoms with E-state index in [9.17, 15) is 4.79 Å². The first-order chi connectivity index (χ1) is 8.13. The van der Waals surface area contributed by atoms with Crippen LogP contribution >= 0.6 is 0 Å². The number of amides is 1. The predicted octanol–water partition coefficient (Wildman–Crippen LogP) is 0.210. The zero-order valence-corrected chi connectivity index (χ0v) is 10.7. The molecule has 6 heteroatoms. The molecule has 0 aromatic carbocycles. The van der Waals surface area contributed by atoms with Gasteiger partial charge in [0.05, 0.1) is 13.1 Å². The van der Waals surface area contributed by atoms with Crippen LogP contribution in [0.5, 0.6) is 0 Å². The molecule has 1 atom stereocenters. The fourth-order valence-corrected chi connectivity index (χ4v) is 1.59. The summed E-state index contributed by atoms with van der Waals surface area (Å²) in [6, 6.07) is 0.240. The second kappa shape index (κ2) is 7.01. The van der Waals surface area contributed by atoms with Crippen molar-refractivity contribution in [2.75, 3.05) is 6.54 Å². The average Bonchev–Trinajstić information content (AvgIpc) is 2.64. The van der Waals surface area contributed by atoms with E-state index in [1.54, 1.807) is 6.33 Å². The summed E-state index contributed by atoms with van der Waals surface area (Å²) in [5.41, 5.74) is 0. The highest BCUT2D eigenvalue weighted by Crippen LogP contribution is 1.94. The molecule has 0 bridgehead atoms. The summed E-state index contributed by atoms with van der Waals surface area (Å²) in [6.45, 7) is 4.98. The van der Waals surface area contributed by atoms with Gasteiger partial charge in [-0.15, -0.1) is 10.2 Å². The minimum Gasteiger partial charge on any atom is -0.353 e. The van der Waals surface area contributed by atoms with E-state index in [1.807, 2.05) is 18.5 Å². The number of nitrogens with one attached hydrogen (secondary N) is 2. The number of carbonyl (C=O) groups excluding carboxylic acids is 1. The minimum absolute atomic E-state index is 0.0214. The van der Waals surface area contributed by atoms with E-state index in [4.69, 9.17) is 0 Å². The number of rotatable bonds is 7. The topological polar surface area (TPSA) is 71.8 Å². The molecule has 1 aromatic rings. The Morgan fingerprint density at radius 2 is 2.35 bits per heavy atom. The molecule has 0 saturated carbocycles. The van der Waals surface area contributed by atoms with Gasteiger partial charge in [-0.2, -0.15) is 0 Å². The van der Waals surface area contributed by atoms with Crippen LogP contribution in [-0.4, -0.2) is 33.3 Å². The van der Waals surface area contributed by atoms with Crippen LogP contribution in [0, 0.1) is 0 Å². The van der Waals surface area contributed by atoms with Crippen molar-refractivity contribution in [3.05, 3.63) is 12.2 Å². The van der Waals surface area contributed by atoms with Crippen LogP contribution in [0.4, 0.5) is 0 Å². The molecule has 0 aliphatic rings. The van der Waals surface area contributed by atoms with Gasteiger partial charge in [0.25, 0.3) is 0 Å². The Kier molecular flexibility index (Phi) is 5.62. The standard InChI is InChI=1S/C11H21N5O/c1-4-5-9(2)14-11(17)7-12-6-10-15-13-8-16(10)3/h8-9,12H,4-7H2,1-3H3,(H,14,17). The fourth-order valence-electron chi connectivity index (χ4n) is 1.59. The summed E-state index contributed by atoms with van der Waals surface area (Å²) in [5.74, 6) is 0.840. The fraction of sp³-hybridized carbons (Fsp3) is 0.727. The second-order valence-electron chi connectivity index (χ2n) is 4.22. The number of hydrogen-bond acceptors (Lipinski definition) is 4. The number of nitrogens with zero attached hydrogens (tertiary/aromatic N) is 3. The summed E-state index contributed by atoms with van der Waals surface area (Å²) in [6.07, 6.45) is 3.73. The zero-order valence-electron chi connectivity index (χ0n) is 10.7. The average molecular weight is 239 g/mol. The van der Waals surface area contributed by atoms with Gasteiger partial charge in [-0.3, -0.25) is 4.79 Å². The van der Waals surface area contributed by atoms with Gasteiger partial charge < -0.3 is 15.2 Å². The molecule has 0 aliphatic heterocycles. The molecule has 0 saturated heterocycles. The van der Waals surface area contributed by atoms with Gasteiger partial charge in [0.2, 0.25) is 5.91 Å². The van der Waals surface area contributed by atoms with Crippen LogP contribution < -0.4 is 10.6 Å². The monoisotopic (exact) mass is 239 g/mol. The molecule has 1 rings (SSSR count). The molecule has 0 aliphatic carbocycles. The van der Waals surface area contributed by atoms with E-state index in [1.165, 1.54) is 0 Å². The lowest BCUT2D eigenvalue weighted by molar-refractivity contribution is -0.120. The highest BCUT2D eigenvalue weighted by Gasteiger charge is 2.06. The lowest BCUT2D eigenvalue weighted by Crippen LogP contribution is -2.39. The van der Waals surface area contributed by atoms with Crippen molar-refractivity contribution in [2.45, 2.75) is 39.3 Å². The molecule has 0 spiro atoms. The van der Waals surface area contributed by atoms with Crippen LogP contribution in [0.3, 0.4) is 0 Å². The Balaban J connectivity index is 2.18. The summed E-state index contributed by atoms with van der Waals surface area (Å²) < 4.78 is 1.82. The van der Waals surface area contributed by atoms with Crippen LogP contribution in [0.2, 0.25) is 0 Å². The largest absolute Gasteiger partial charge is 0.353 e. The van der Waals surface area contributed by atoms with Crippen molar-refractivity contribution in [3.63, 3.8) is 0 Å². The second-order valence-corrected chi connectivity index (χ2v) is 4.22. The van der Waals surface area contributed by atoms with Crippen LogP contribution in [-0.2, 0) is 18.4 Å². The Hall–Kier alpha value is -1.43.